The lowest BCUT2D eigenvalue weighted by molar-refractivity contribution is 0.294. The summed E-state index contributed by atoms with van der Waals surface area (Å²) in [5.74, 6) is 1.42. The summed E-state index contributed by atoms with van der Waals surface area (Å²) in [6, 6.07) is 3.10. The lowest BCUT2D eigenvalue weighted by Gasteiger charge is -2.13. The van der Waals surface area contributed by atoms with E-state index in [0.717, 1.165) is 29.7 Å². The van der Waals surface area contributed by atoms with E-state index in [0.29, 0.717) is 12.5 Å². The van der Waals surface area contributed by atoms with Gasteiger partial charge in [-0.3, -0.25) is 0 Å². The summed E-state index contributed by atoms with van der Waals surface area (Å²) in [6.07, 6.45) is 2.11. The molecule has 0 saturated carbocycles. The molecule has 0 fully saturated rings. The summed E-state index contributed by atoms with van der Waals surface area (Å²) in [4.78, 5) is 0.124. The number of halogens is 1. The van der Waals surface area contributed by atoms with Crippen molar-refractivity contribution in [3.63, 3.8) is 0 Å². The van der Waals surface area contributed by atoms with Crippen LogP contribution in [0.15, 0.2) is 17.0 Å². The predicted octanol–water partition coefficient (Wildman–Crippen LogP) is 4.05. The molecule has 0 spiro atoms. The van der Waals surface area contributed by atoms with Crippen LogP contribution in [0, 0.1) is 19.8 Å². The zero-order valence-electron chi connectivity index (χ0n) is 11.9. The molecule has 5 heteroatoms. The van der Waals surface area contributed by atoms with Crippen LogP contribution in [0.3, 0.4) is 0 Å². The van der Waals surface area contributed by atoms with Crippen molar-refractivity contribution in [1.29, 1.82) is 0 Å². The Hall–Kier alpha value is -0.740. The number of rotatable bonds is 6. The molecule has 0 aliphatic carbocycles. The number of benzene rings is 1. The minimum absolute atomic E-state index is 0.124. The first-order chi connectivity index (χ1) is 8.71. The summed E-state index contributed by atoms with van der Waals surface area (Å²) in [7, 11) is 1.66. The third-order valence-corrected chi connectivity index (χ3v) is 4.22. The Morgan fingerprint density at radius 2 is 1.74 bits per heavy atom. The van der Waals surface area contributed by atoms with E-state index in [1.165, 1.54) is 0 Å². The second-order valence-electron chi connectivity index (χ2n) is 5.21. The molecular formula is C14H21ClO3S. The van der Waals surface area contributed by atoms with Crippen molar-refractivity contribution in [3.8, 4) is 5.75 Å². The lowest BCUT2D eigenvalue weighted by Crippen LogP contribution is -2.03. The molecule has 0 bridgehead atoms. The quantitative estimate of drug-likeness (QED) is 0.588. The van der Waals surface area contributed by atoms with E-state index in [2.05, 4.69) is 13.8 Å². The molecular weight excluding hydrogens is 284 g/mol. The Bertz CT molecular complexity index is 513. The molecule has 1 rings (SSSR count). The van der Waals surface area contributed by atoms with E-state index in [1.807, 2.05) is 13.8 Å². The van der Waals surface area contributed by atoms with Crippen molar-refractivity contribution in [2.24, 2.45) is 5.92 Å². The van der Waals surface area contributed by atoms with Gasteiger partial charge in [0.2, 0.25) is 0 Å². The summed E-state index contributed by atoms with van der Waals surface area (Å²) >= 11 is 0. The van der Waals surface area contributed by atoms with Gasteiger partial charge in [-0.05, 0) is 55.9 Å². The third kappa shape index (κ3) is 5.03. The Balaban J connectivity index is 2.81. The first kappa shape index (κ1) is 16.3. The van der Waals surface area contributed by atoms with Crippen LogP contribution in [-0.2, 0) is 9.05 Å². The molecule has 19 heavy (non-hydrogen) atoms. The van der Waals surface area contributed by atoms with Crippen molar-refractivity contribution in [2.75, 3.05) is 6.61 Å². The number of ether oxygens (including phenoxy) is 1. The van der Waals surface area contributed by atoms with E-state index >= 15 is 0 Å². The molecule has 108 valence electrons. The Morgan fingerprint density at radius 3 is 2.16 bits per heavy atom. The minimum Gasteiger partial charge on any atom is -0.493 e. The highest BCUT2D eigenvalue weighted by atomic mass is 35.7. The third-order valence-electron chi connectivity index (χ3n) is 2.89. The fourth-order valence-corrected chi connectivity index (χ4v) is 2.85. The van der Waals surface area contributed by atoms with Gasteiger partial charge in [-0.2, -0.15) is 0 Å². The van der Waals surface area contributed by atoms with E-state index in [1.54, 1.807) is 12.1 Å². The van der Waals surface area contributed by atoms with Crippen LogP contribution in [0.2, 0.25) is 0 Å². The lowest BCUT2D eigenvalue weighted by atomic mass is 10.1. The van der Waals surface area contributed by atoms with Gasteiger partial charge in [0.05, 0.1) is 11.5 Å². The Labute approximate surface area is 120 Å². The predicted molar refractivity (Wildman–Crippen MR) is 78.5 cm³/mol. The molecule has 3 nitrogen and oxygen atoms in total. The summed E-state index contributed by atoms with van der Waals surface area (Å²) in [6.45, 7) is 8.66. The molecule has 0 saturated heterocycles. The van der Waals surface area contributed by atoms with E-state index in [-0.39, 0.29) is 4.90 Å². The van der Waals surface area contributed by atoms with E-state index in [9.17, 15) is 8.42 Å². The average molecular weight is 305 g/mol. The van der Waals surface area contributed by atoms with Crippen LogP contribution >= 0.6 is 10.7 Å². The van der Waals surface area contributed by atoms with Crippen LogP contribution in [0.5, 0.6) is 5.75 Å². The molecule has 0 atom stereocenters. The van der Waals surface area contributed by atoms with E-state index < -0.39 is 9.05 Å². The normalized spacial score (nSPS) is 11.9. The number of aryl methyl sites for hydroxylation is 2. The summed E-state index contributed by atoms with van der Waals surface area (Å²) in [5, 5.41) is 0. The zero-order chi connectivity index (χ0) is 14.6. The standard InChI is InChI=1S/C14H21ClO3S/c1-10(2)6-5-7-18-14-11(3)8-13(9-12(14)4)19(15,16)17/h8-10H,5-7H2,1-4H3. The van der Waals surface area contributed by atoms with Gasteiger partial charge in [0.1, 0.15) is 5.75 Å². The first-order valence-corrected chi connectivity index (χ1v) is 8.71. The zero-order valence-corrected chi connectivity index (χ0v) is 13.4. The smallest absolute Gasteiger partial charge is 0.261 e. The van der Waals surface area contributed by atoms with Crippen LogP contribution in [0.4, 0.5) is 0 Å². The molecule has 0 N–H and O–H groups in total. The van der Waals surface area contributed by atoms with Gasteiger partial charge in [0.15, 0.2) is 0 Å². The Kier molecular flexibility index (Phi) is 5.68. The van der Waals surface area contributed by atoms with Gasteiger partial charge in [-0.15, -0.1) is 0 Å². The van der Waals surface area contributed by atoms with Gasteiger partial charge >= 0.3 is 0 Å². The van der Waals surface area contributed by atoms with Crippen molar-refractivity contribution < 1.29 is 13.2 Å². The topological polar surface area (TPSA) is 43.4 Å². The molecule has 0 heterocycles. The highest BCUT2D eigenvalue weighted by Gasteiger charge is 2.14. The molecule has 0 radical (unpaired) electrons. The second kappa shape index (κ2) is 6.62. The summed E-state index contributed by atoms with van der Waals surface area (Å²) in [5.41, 5.74) is 1.59. The van der Waals surface area contributed by atoms with Gasteiger partial charge < -0.3 is 4.74 Å². The van der Waals surface area contributed by atoms with Gasteiger partial charge in [0, 0.05) is 10.7 Å². The van der Waals surface area contributed by atoms with Gasteiger partial charge in [0.25, 0.3) is 9.05 Å². The van der Waals surface area contributed by atoms with Crippen molar-refractivity contribution in [3.05, 3.63) is 23.3 Å². The highest BCUT2D eigenvalue weighted by molar-refractivity contribution is 8.13. The second-order valence-corrected chi connectivity index (χ2v) is 7.77. The Morgan fingerprint density at radius 1 is 1.21 bits per heavy atom. The van der Waals surface area contributed by atoms with Gasteiger partial charge in [-0.25, -0.2) is 8.42 Å². The SMILES string of the molecule is Cc1cc(S(=O)(=O)Cl)cc(C)c1OCCCC(C)C. The largest absolute Gasteiger partial charge is 0.493 e. The van der Waals surface area contributed by atoms with Gasteiger partial charge in [-0.1, -0.05) is 13.8 Å². The molecule has 1 aromatic carbocycles. The molecule has 0 aliphatic heterocycles. The molecule has 0 unspecified atom stereocenters. The number of hydrogen-bond donors (Lipinski definition) is 0. The monoisotopic (exact) mass is 304 g/mol. The molecule has 0 aliphatic rings. The maximum absolute atomic E-state index is 11.3. The highest BCUT2D eigenvalue weighted by Crippen LogP contribution is 2.28. The molecule has 0 aromatic heterocycles. The fourth-order valence-electron chi connectivity index (χ4n) is 1.94. The van der Waals surface area contributed by atoms with Crippen LogP contribution in [-0.4, -0.2) is 15.0 Å². The number of hydrogen-bond acceptors (Lipinski definition) is 3. The first-order valence-electron chi connectivity index (χ1n) is 6.40. The molecule has 1 aromatic rings. The van der Waals surface area contributed by atoms with Crippen molar-refractivity contribution in [2.45, 2.75) is 45.4 Å². The average Bonchev–Trinajstić information content (AvgIpc) is 2.25. The van der Waals surface area contributed by atoms with Crippen LogP contribution < -0.4 is 4.74 Å². The van der Waals surface area contributed by atoms with E-state index in [4.69, 9.17) is 15.4 Å². The molecule has 0 amide bonds. The van der Waals surface area contributed by atoms with Crippen LogP contribution in [0.1, 0.15) is 37.8 Å². The minimum atomic E-state index is -3.68. The maximum Gasteiger partial charge on any atom is 0.261 e. The summed E-state index contributed by atoms with van der Waals surface area (Å²) < 4.78 is 28.4. The van der Waals surface area contributed by atoms with Crippen molar-refractivity contribution in [1.82, 2.24) is 0 Å². The fraction of sp³-hybridized carbons (Fsp3) is 0.571. The maximum atomic E-state index is 11.3. The van der Waals surface area contributed by atoms with Crippen molar-refractivity contribution >= 4 is 19.7 Å². The van der Waals surface area contributed by atoms with Crippen LogP contribution in [0.25, 0.3) is 0 Å².